The Kier molecular flexibility index (Phi) is 10.6. The fourth-order valence-corrected chi connectivity index (χ4v) is 7.50. The van der Waals surface area contributed by atoms with Gasteiger partial charge in [0.2, 0.25) is 15.9 Å². The first-order valence-electron chi connectivity index (χ1n) is 14.7. The normalized spacial score (nSPS) is 20.0. The van der Waals surface area contributed by atoms with Crippen LogP contribution in [0.3, 0.4) is 0 Å². The van der Waals surface area contributed by atoms with Crippen molar-refractivity contribution < 1.29 is 13.2 Å². The highest BCUT2D eigenvalue weighted by Crippen LogP contribution is 2.39. The highest BCUT2D eigenvalue weighted by atomic mass is 32.2. The molecule has 5 nitrogen and oxygen atoms in total. The Morgan fingerprint density at radius 2 is 1.46 bits per heavy atom. The van der Waals surface area contributed by atoms with Crippen molar-refractivity contribution in [2.24, 2.45) is 5.92 Å². The molecule has 0 heterocycles. The Morgan fingerprint density at radius 1 is 0.854 bits per heavy atom. The van der Waals surface area contributed by atoms with Crippen LogP contribution < -0.4 is 0 Å². The standard InChI is InChI=1S/C35H44N2O3S/c1-36(2)34(38)35(32-19-9-5-10-20-32)25-13-17-29(18-14-26-35)23-24-31(27-30-15-7-4-8-16-30)28-37(3)41(39,40)33-21-11-6-12-22-33/h4-12,15-17,19-22,31H,13-14,18,23-28H2,1-3H3/b29-17+. The Hall–Kier alpha value is -3.22. The minimum Gasteiger partial charge on any atom is -0.348 e. The van der Waals surface area contributed by atoms with Gasteiger partial charge in [0.15, 0.2) is 0 Å². The number of hydrogen-bond acceptors (Lipinski definition) is 3. The largest absolute Gasteiger partial charge is 0.348 e. The summed E-state index contributed by atoms with van der Waals surface area (Å²) in [5.41, 5.74) is 3.28. The maximum Gasteiger partial charge on any atom is 0.242 e. The first kappa shape index (κ1) is 30.7. The molecule has 0 spiro atoms. The number of amides is 1. The van der Waals surface area contributed by atoms with Crippen molar-refractivity contribution in [1.82, 2.24) is 9.21 Å². The van der Waals surface area contributed by atoms with Crippen molar-refractivity contribution >= 4 is 15.9 Å². The van der Waals surface area contributed by atoms with E-state index in [9.17, 15) is 13.2 Å². The topological polar surface area (TPSA) is 57.7 Å². The molecule has 0 saturated heterocycles. The molecule has 3 aromatic carbocycles. The number of nitrogens with zero attached hydrogens (tertiary/aromatic N) is 2. The Morgan fingerprint density at radius 3 is 2.10 bits per heavy atom. The van der Waals surface area contributed by atoms with Crippen LogP contribution in [-0.2, 0) is 26.7 Å². The van der Waals surface area contributed by atoms with E-state index in [-0.39, 0.29) is 11.8 Å². The first-order chi connectivity index (χ1) is 19.7. The summed E-state index contributed by atoms with van der Waals surface area (Å²) in [4.78, 5) is 15.6. The number of sulfonamides is 1. The van der Waals surface area contributed by atoms with E-state index in [1.807, 2.05) is 56.6 Å². The molecule has 0 bridgehead atoms. The Labute approximate surface area is 246 Å². The molecule has 0 saturated carbocycles. The molecule has 2 atom stereocenters. The molecule has 0 radical (unpaired) electrons. The van der Waals surface area contributed by atoms with Crippen molar-refractivity contribution in [2.75, 3.05) is 27.7 Å². The lowest BCUT2D eigenvalue weighted by Gasteiger charge is -2.36. The van der Waals surface area contributed by atoms with Gasteiger partial charge in [0.1, 0.15) is 0 Å². The molecule has 218 valence electrons. The van der Waals surface area contributed by atoms with Crippen LogP contribution in [0, 0.1) is 5.92 Å². The van der Waals surface area contributed by atoms with Gasteiger partial charge in [-0.2, -0.15) is 0 Å². The molecule has 1 aliphatic carbocycles. The van der Waals surface area contributed by atoms with Crippen LogP contribution in [0.1, 0.15) is 56.1 Å². The molecule has 4 rings (SSSR count). The van der Waals surface area contributed by atoms with Gasteiger partial charge < -0.3 is 4.90 Å². The smallest absolute Gasteiger partial charge is 0.242 e. The Bertz CT molecular complexity index is 1390. The van der Waals surface area contributed by atoms with Gasteiger partial charge in [-0.15, -0.1) is 0 Å². The highest BCUT2D eigenvalue weighted by molar-refractivity contribution is 7.89. The molecule has 1 amide bonds. The van der Waals surface area contributed by atoms with E-state index in [0.717, 1.165) is 56.9 Å². The van der Waals surface area contributed by atoms with Gasteiger partial charge in [-0.1, -0.05) is 90.5 Å². The molecule has 0 N–H and O–H groups in total. The number of rotatable bonds is 11. The number of allylic oxidation sites excluding steroid dienone is 2. The minimum atomic E-state index is -3.55. The van der Waals surface area contributed by atoms with Gasteiger partial charge in [0, 0.05) is 27.7 Å². The van der Waals surface area contributed by atoms with E-state index in [1.165, 1.54) is 15.4 Å². The third-order valence-corrected chi connectivity index (χ3v) is 10.3. The third-order valence-electron chi connectivity index (χ3n) is 8.46. The maximum absolute atomic E-state index is 13.5. The van der Waals surface area contributed by atoms with Crippen LogP contribution in [0.5, 0.6) is 0 Å². The number of likely N-dealkylation sites (N-methyl/N-ethyl adjacent to an activating group) is 1. The van der Waals surface area contributed by atoms with Crippen LogP contribution in [0.15, 0.2) is 108 Å². The quantitative estimate of drug-likeness (QED) is 0.236. The van der Waals surface area contributed by atoms with Crippen LogP contribution in [0.4, 0.5) is 0 Å². The average molecular weight is 573 g/mol. The summed E-state index contributed by atoms with van der Waals surface area (Å²) in [6.07, 6.45) is 9.43. The fraction of sp³-hybridized carbons (Fsp3) is 0.400. The maximum atomic E-state index is 13.5. The Balaban J connectivity index is 1.48. The number of carbonyl (C=O) groups excluding carboxylic acids is 1. The van der Waals surface area contributed by atoms with E-state index < -0.39 is 15.4 Å². The number of hydrogen-bond donors (Lipinski definition) is 0. The second-order valence-electron chi connectivity index (χ2n) is 11.6. The molecule has 0 fully saturated rings. The van der Waals surface area contributed by atoms with Gasteiger partial charge in [-0.3, -0.25) is 4.79 Å². The highest BCUT2D eigenvalue weighted by Gasteiger charge is 2.40. The second-order valence-corrected chi connectivity index (χ2v) is 13.6. The van der Waals surface area contributed by atoms with E-state index in [2.05, 4.69) is 30.3 Å². The summed E-state index contributed by atoms with van der Waals surface area (Å²) in [5, 5.41) is 0. The van der Waals surface area contributed by atoms with Gasteiger partial charge in [-0.25, -0.2) is 12.7 Å². The zero-order valence-corrected chi connectivity index (χ0v) is 25.5. The number of carbonyl (C=O) groups is 1. The molecule has 0 aromatic heterocycles. The number of benzene rings is 3. The summed E-state index contributed by atoms with van der Waals surface area (Å²) in [7, 11) is 1.86. The van der Waals surface area contributed by atoms with Crippen molar-refractivity contribution in [3.63, 3.8) is 0 Å². The minimum absolute atomic E-state index is 0.186. The monoisotopic (exact) mass is 572 g/mol. The van der Waals surface area contributed by atoms with Gasteiger partial charge in [-0.05, 0) is 80.5 Å². The predicted octanol–water partition coefficient (Wildman–Crippen LogP) is 6.86. The van der Waals surface area contributed by atoms with Crippen LogP contribution in [0.25, 0.3) is 0 Å². The molecular weight excluding hydrogens is 528 g/mol. The lowest BCUT2D eigenvalue weighted by Crippen LogP contribution is -2.44. The van der Waals surface area contributed by atoms with Gasteiger partial charge in [0.05, 0.1) is 10.3 Å². The van der Waals surface area contributed by atoms with E-state index in [0.29, 0.717) is 11.4 Å². The van der Waals surface area contributed by atoms with Crippen molar-refractivity contribution in [2.45, 2.75) is 61.7 Å². The predicted molar refractivity (Wildman–Crippen MR) is 167 cm³/mol. The van der Waals surface area contributed by atoms with Crippen molar-refractivity contribution in [3.8, 4) is 0 Å². The molecule has 6 heteroatoms. The molecule has 2 unspecified atom stereocenters. The summed E-state index contributed by atoms with van der Waals surface area (Å²) < 4.78 is 28.1. The van der Waals surface area contributed by atoms with E-state index >= 15 is 0 Å². The van der Waals surface area contributed by atoms with E-state index in [4.69, 9.17) is 0 Å². The summed E-state index contributed by atoms with van der Waals surface area (Å²) in [5.74, 6) is 0.372. The third kappa shape index (κ3) is 7.75. The SMILES string of the molecule is CN(C)C(=O)C1(c2ccccc2)CC/C=C(/CCC(Cc2ccccc2)CN(C)S(=O)(=O)c2ccccc2)CCC1. The molecule has 41 heavy (non-hydrogen) atoms. The second kappa shape index (κ2) is 14.1. The lowest BCUT2D eigenvalue weighted by molar-refractivity contribution is -0.135. The van der Waals surface area contributed by atoms with Crippen LogP contribution in [0.2, 0.25) is 0 Å². The molecule has 0 aliphatic heterocycles. The molecule has 3 aromatic rings. The van der Waals surface area contributed by atoms with Gasteiger partial charge in [0.25, 0.3) is 0 Å². The zero-order valence-electron chi connectivity index (χ0n) is 24.7. The summed E-state index contributed by atoms with van der Waals surface area (Å²) in [6, 6.07) is 29.3. The molecule has 1 aliphatic rings. The van der Waals surface area contributed by atoms with E-state index in [1.54, 1.807) is 36.2 Å². The summed E-state index contributed by atoms with van der Waals surface area (Å²) in [6.45, 7) is 0.466. The van der Waals surface area contributed by atoms with Crippen LogP contribution >= 0.6 is 0 Å². The zero-order chi connectivity index (χ0) is 29.3. The van der Waals surface area contributed by atoms with Crippen LogP contribution in [-0.4, -0.2) is 51.2 Å². The van der Waals surface area contributed by atoms with Crippen molar-refractivity contribution in [1.29, 1.82) is 0 Å². The average Bonchev–Trinajstić information content (AvgIpc) is 2.97. The summed E-state index contributed by atoms with van der Waals surface area (Å²) >= 11 is 0. The van der Waals surface area contributed by atoms with Crippen molar-refractivity contribution in [3.05, 3.63) is 114 Å². The molecular formula is C35H44N2O3S. The first-order valence-corrected chi connectivity index (χ1v) is 16.2. The fourth-order valence-electron chi connectivity index (χ4n) is 6.23. The lowest BCUT2D eigenvalue weighted by atomic mass is 9.70. The van der Waals surface area contributed by atoms with Gasteiger partial charge >= 0.3 is 0 Å².